The Kier molecular flexibility index (Phi) is 5.72. The molecule has 0 unspecified atom stereocenters. The van der Waals surface area contributed by atoms with Crippen molar-refractivity contribution in [1.29, 1.82) is 0 Å². The molecule has 0 amide bonds. The maximum absolute atomic E-state index is 5.31. The standard InChI is InChI=1S/C11H17BrN2S2/c1-8(2)5-13-11(15)14(3)6-9-4-10(12)16-7-9/h4,7-8H,5-6H2,1-3H3,(H,13,15). The van der Waals surface area contributed by atoms with Gasteiger partial charge in [0.15, 0.2) is 5.11 Å². The third-order valence-electron chi connectivity index (χ3n) is 2.05. The largest absolute Gasteiger partial charge is 0.362 e. The van der Waals surface area contributed by atoms with Crippen LogP contribution in [-0.2, 0) is 6.54 Å². The van der Waals surface area contributed by atoms with Crippen molar-refractivity contribution in [3.05, 3.63) is 20.8 Å². The number of rotatable bonds is 4. The Balaban J connectivity index is 2.39. The van der Waals surface area contributed by atoms with Gasteiger partial charge in [-0.05, 0) is 51.1 Å². The van der Waals surface area contributed by atoms with Crippen molar-refractivity contribution >= 4 is 44.6 Å². The minimum absolute atomic E-state index is 0.613. The molecule has 0 aromatic carbocycles. The lowest BCUT2D eigenvalue weighted by atomic mass is 10.2. The average Bonchev–Trinajstić information content (AvgIpc) is 2.60. The van der Waals surface area contributed by atoms with Gasteiger partial charge in [-0.3, -0.25) is 0 Å². The van der Waals surface area contributed by atoms with Gasteiger partial charge in [0.1, 0.15) is 0 Å². The number of thiophene rings is 1. The summed E-state index contributed by atoms with van der Waals surface area (Å²) in [6, 6.07) is 2.13. The first-order valence-electron chi connectivity index (χ1n) is 5.21. The zero-order chi connectivity index (χ0) is 12.1. The van der Waals surface area contributed by atoms with Crippen LogP contribution in [0.5, 0.6) is 0 Å². The van der Waals surface area contributed by atoms with E-state index in [9.17, 15) is 0 Å². The monoisotopic (exact) mass is 320 g/mol. The summed E-state index contributed by atoms with van der Waals surface area (Å²) in [7, 11) is 2.02. The van der Waals surface area contributed by atoms with Crippen molar-refractivity contribution in [2.45, 2.75) is 20.4 Å². The molecule has 1 N–H and O–H groups in total. The molecule has 0 spiro atoms. The SMILES string of the molecule is CC(C)CNC(=S)N(C)Cc1csc(Br)c1. The molecule has 0 fully saturated rings. The number of hydrogen-bond donors (Lipinski definition) is 1. The van der Waals surface area contributed by atoms with Crippen LogP contribution in [0.2, 0.25) is 0 Å². The Hall–Kier alpha value is -0.130. The third-order valence-corrected chi connectivity index (χ3v) is 4.06. The fraction of sp³-hybridized carbons (Fsp3) is 0.545. The van der Waals surface area contributed by atoms with Gasteiger partial charge in [0.05, 0.1) is 3.79 Å². The minimum Gasteiger partial charge on any atom is -0.362 e. The van der Waals surface area contributed by atoms with Crippen LogP contribution >= 0.6 is 39.5 Å². The summed E-state index contributed by atoms with van der Waals surface area (Å²) in [5, 5.41) is 6.22. The molecule has 0 atom stereocenters. The zero-order valence-corrected chi connectivity index (χ0v) is 13.0. The first kappa shape index (κ1) is 13.9. The summed E-state index contributed by atoms with van der Waals surface area (Å²) in [5.74, 6) is 0.613. The van der Waals surface area contributed by atoms with Crippen LogP contribution in [0.25, 0.3) is 0 Å². The van der Waals surface area contributed by atoms with Crippen LogP contribution in [0.3, 0.4) is 0 Å². The highest BCUT2D eigenvalue weighted by Gasteiger charge is 2.06. The molecule has 0 radical (unpaired) electrons. The fourth-order valence-electron chi connectivity index (χ4n) is 1.20. The van der Waals surface area contributed by atoms with Crippen molar-refractivity contribution < 1.29 is 0 Å². The van der Waals surface area contributed by atoms with Gasteiger partial charge < -0.3 is 10.2 Å². The predicted octanol–water partition coefficient (Wildman–Crippen LogP) is 3.47. The molecule has 0 aliphatic carbocycles. The maximum Gasteiger partial charge on any atom is 0.168 e. The summed E-state index contributed by atoms with van der Waals surface area (Å²) < 4.78 is 1.16. The highest BCUT2D eigenvalue weighted by molar-refractivity contribution is 9.11. The molecule has 0 saturated carbocycles. The molecule has 0 bridgehead atoms. The molecule has 2 nitrogen and oxygen atoms in total. The quantitative estimate of drug-likeness (QED) is 0.855. The molecule has 1 aromatic heterocycles. The van der Waals surface area contributed by atoms with Crippen LogP contribution in [0.1, 0.15) is 19.4 Å². The number of halogens is 1. The van der Waals surface area contributed by atoms with Gasteiger partial charge in [0.25, 0.3) is 0 Å². The minimum atomic E-state index is 0.613. The van der Waals surface area contributed by atoms with E-state index >= 15 is 0 Å². The van der Waals surface area contributed by atoms with Crippen molar-refractivity contribution in [1.82, 2.24) is 10.2 Å². The number of nitrogens with zero attached hydrogens (tertiary/aromatic N) is 1. The van der Waals surface area contributed by atoms with Crippen molar-refractivity contribution in [2.24, 2.45) is 5.92 Å². The van der Waals surface area contributed by atoms with Crippen LogP contribution in [0.15, 0.2) is 15.2 Å². The zero-order valence-electron chi connectivity index (χ0n) is 9.79. The molecule has 0 aliphatic heterocycles. The molecule has 16 heavy (non-hydrogen) atoms. The summed E-state index contributed by atoms with van der Waals surface area (Å²) in [4.78, 5) is 2.06. The highest BCUT2D eigenvalue weighted by Crippen LogP contribution is 2.21. The van der Waals surface area contributed by atoms with Crippen molar-refractivity contribution in [2.75, 3.05) is 13.6 Å². The van der Waals surface area contributed by atoms with E-state index in [0.29, 0.717) is 5.92 Å². The Morgan fingerprint density at radius 1 is 1.62 bits per heavy atom. The van der Waals surface area contributed by atoms with Gasteiger partial charge >= 0.3 is 0 Å². The maximum atomic E-state index is 5.31. The lowest BCUT2D eigenvalue weighted by Crippen LogP contribution is -2.38. The first-order valence-corrected chi connectivity index (χ1v) is 7.29. The normalized spacial score (nSPS) is 10.6. The molecule has 1 rings (SSSR count). The Morgan fingerprint density at radius 2 is 2.31 bits per heavy atom. The first-order chi connectivity index (χ1) is 7.49. The van der Waals surface area contributed by atoms with Gasteiger partial charge in [-0.15, -0.1) is 11.3 Å². The van der Waals surface area contributed by atoms with E-state index in [1.54, 1.807) is 11.3 Å². The molecule has 1 heterocycles. The van der Waals surface area contributed by atoms with E-state index in [1.165, 1.54) is 5.56 Å². The van der Waals surface area contributed by atoms with Crippen LogP contribution in [0.4, 0.5) is 0 Å². The Bertz CT molecular complexity index is 350. The summed E-state index contributed by atoms with van der Waals surface area (Å²) in [6.45, 7) is 6.12. The topological polar surface area (TPSA) is 15.3 Å². The van der Waals surface area contributed by atoms with Crippen molar-refractivity contribution in [3.8, 4) is 0 Å². The summed E-state index contributed by atoms with van der Waals surface area (Å²) in [6.07, 6.45) is 0. The smallest absolute Gasteiger partial charge is 0.168 e. The molecule has 5 heteroatoms. The van der Waals surface area contributed by atoms with E-state index in [0.717, 1.165) is 22.0 Å². The Labute approximate surface area is 115 Å². The van der Waals surface area contributed by atoms with Crippen molar-refractivity contribution in [3.63, 3.8) is 0 Å². The number of hydrogen-bond acceptors (Lipinski definition) is 2. The van der Waals surface area contributed by atoms with Gasteiger partial charge in [-0.1, -0.05) is 13.8 Å². The molecule has 1 aromatic rings. The van der Waals surface area contributed by atoms with Gasteiger partial charge in [-0.2, -0.15) is 0 Å². The molecular formula is C11H17BrN2S2. The van der Waals surface area contributed by atoms with Gasteiger partial charge in [0, 0.05) is 20.1 Å². The van der Waals surface area contributed by atoms with E-state index in [1.807, 2.05) is 7.05 Å². The van der Waals surface area contributed by atoms with Crippen LogP contribution in [-0.4, -0.2) is 23.6 Å². The summed E-state index contributed by atoms with van der Waals surface area (Å²) in [5.41, 5.74) is 1.29. The highest BCUT2D eigenvalue weighted by atomic mass is 79.9. The molecule has 90 valence electrons. The molecular weight excluding hydrogens is 304 g/mol. The average molecular weight is 321 g/mol. The molecule has 0 saturated heterocycles. The third kappa shape index (κ3) is 4.80. The fourth-order valence-corrected chi connectivity index (χ4v) is 2.55. The van der Waals surface area contributed by atoms with Crippen LogP contribution in [0, 0.1) is 5.92 Å². The Morgan fingerprint density at radius 3 is 2.81 bits per heavy atom. The second kappa shape index (κ2) is 6.57. The second-order valence-electron chi connectivity index (χ2n) is 4.20. The van der Waals surface area contributed by atoms with Gasteiger partial charge in [-0.25, -0.2) is 0 Å². The lowest BCUT2D eigenvalue weighted by Gasteiger charge is -2.21. The molecule has 0 aliphatic rings. The van der Waals surface area contributed by atoms with E-state index in [-0.39, 0.29) is 0 Å². The van der Waals surface area contributed by atoms with E-state index < -0.39 is 0 Å². The van der Waals surface area contributed by atoms with E-state index in [4.69, 9.17) is 12.2 Å². The van der Waals surface area contributed by atoms with E-state index in [2.05, 4.69) is 51.4 Å². The number of nitrogens with one attached hydrogen (secondary N) is 1. The second-order valence-corrected chi connectivity index (χ2v) is 6.87. The van der Waals surface area contributed by atoms with Gasteiger partial charge in [0.2, 0.25) is 0 Å². The predicted molar refractivity (Wildman–Crippen MR) is 78.9 cm³/mol. The summed E-state index contributed by atoms with van der Waals surface area (Å²) >= 11 is 10.5. The van der Waals surface area contributed by atoms with Crippen LogP contribution < -0.4 is 5.32 Å². The lowest BCUT2D eigenvalue weighted by molar-refractivity contribution is 0.480. The number of thiocarbonyl (C=S) groups is 1.